The highest BCUT2D eigenvalue weighted by Gasteiger charge is 2.49. The van der Waals surface area contributed by atoms with E-state index in [-0.39, 0.29) is 6.61 Å². The van der Waals surface area contributed by atoms with Gasteiger partial charge in [0, 0.05) is 5.56 Å². The molecule has 0 aliphatic heterocycles. The maximum atomic E-state index is 10.4. The van der Waals surface area contributed by atoms with E-state index in [0.717, 1.165) is 18.4 Å². The van der Waals surface area contributed by atoms with Gasteiger partial charge in [-0.3, -0.25) is 0 Å². The average molecular weight is 244 g/mol. The van der Waals surface area contributed by atoms with Crippen LogP contribution in [-0.4, -0.2) is 22.4 Å². The van der Waals surface area contributed by atoms with E-state index in [9.17, 15) is 10.2 Å². The zero-order chi connectivity index (χ0) is 13.2. The van der Waals surface area contributed by atoms with Gasteiger partial charge in [-0.05, 0) is 45.2 Å². The van der Waals surface area contributed by atoms with Gasteiger partial charge in [0.1, 0.15) is 0 Å². The molecule has 2 rings (SSSR count). The van der Waals surface area contributed by atoms with Gasteiger partial charge in [-0.15, -0.1) is 0 Å². The van der Waals surface area contributed by atoms with Crippen molar-refractivity contribution in [3.63, 3.8) is 0 Å². The van der Waals surface area contributed by atoms with Crippen LogP contribution in [0, 0.1) is 24.2 Å². The van der Waals surface area contributed by atoms with Crippen LogP contribution in [0.2, 0.25) is 0 Å². The Hall–Kier alpha value is -1.30. The smallest absolute Gasteiger partial charge is 0.0831 e. The molecule has 0 bridgehead atoms. The Morgan fingerprint density at radius 3 is 2.39 bits per heavy atom. The Kier molecular flexibility index (Phi) is 3.47. The first-order valence-corrected chi connectivity index (χ1v) is 6.42. The van der Waals surface area contributed by atoms with E-state index < -0.39 is 11.0 Å². The SMILES string of the molecule is Cc1ccc(C#C[C@]2(CO)CCC[C@@]2(C)O)cc1. The maximum Gasteiger partial charge on any atom is 0.0831 e. The third-order valence-corrected chi connectivity index (χ3v) is 4.07. The summed E-state index contributed by atoms with van der Waals surface area (Å²) in [5.41, 5.74) is 0.568. The first-order valence-electron chi connectivity index (χ1n) is 6.42. The van der Waals surface area contributed by atoms with E-state index in [0.29, 0.717) is 6.42 Å². The molecule has 0 unspecified atom stereocenters. The molecule has 1 saturated carbocycles. The molecule has 0 saturated heterocycles. The number of aliphatic hydroxyl groups excluding tert-OH is 1. The van der Waals surface area contributed by atoms with Crippen molar-refractivity contribution in [2.24, 2.45) is 5.41 Å². The summed E-state index contributed by atoms with van der Waals surface area (Å²) < 4.78 is 0. The van der Waals surface area contributed by atoms with Crippen molar-refractivity contribution < 1.29 is 10.2 Å². The van der Waals surface area contributed by atoms with Gasteiger partial charge in [-0.2, -0.15) is 0 Å². The van der Waals surface area contributed by atoms with Crippen LogP contribution in [0.4, 0.5) is 0 Å². The molecule has 0 aromatic heterocycles. The van der Waals surface area contributed by atoms with Gasteiger partial charge in [-0.1, -0.05) is 29.5 Å². The second-order valence-corrected chi connectivity index (χ2v) is 5.48. The minimum absolute atomic E-state index is 0.0845. The molecule has 96 valence electrons. The summed E-state index contributed by atoms with van der Waals surface area (Å²) in [6.07, 6.45) is 2.38. The number of hydrogen-bond donors (Lipinski definition) is 2. The van der Waals surface area contributed by atoms with Crippen LogP contribution < -0.4 is 0 Å². The van der Waals surface area contributed by atoms with Crippen molar-refractivity contribution in [2.45, 2.75) is 38.7 Å². The largest absolute Gasteiger partial charge is 0.395 e. The lowest BCUT2D eigenvalue weighted by Gasteiger charge is -2.33. The normalized spacial score (nSPS) is 30.9. The molecular formula is C16H20O2. The Balaban J connectivity index is 2.29. The number of aliphatic hydroxyl groups is 2. The molecule has 18 heavy (non-hydrogen) atoms. The zero-order valence-electron chi connectivity index (χ0n) is 11.0. The van der Waals surface area contributed by atoms with Crippen LogP contribution in [0.3, 0.4) is 0 Å². The first-order chi connectivity index (χ1) is 8.49. The lowest BCUT2D eigenvalue weighted by Crippen LogP contribution is -2.43. The summed E-state index contributed by atoms with van der Waals surface area (Å²) in [6.45, 7) is 3.73. The standard InChI is InChI=1S/C16H20O2/c1-13-4-6-14(7-5-13)8-11-16(12-17)10-3-9-15(16,2)18/h4-7,17-18H,3,9-10,12H2,1-2H3/t15-,16+/m1/s1. The first kappa shape index (κ1) is 13.1. The summed E-state index contributed by atoms with van der Waals surface area (Å²) in [7, 11) is 0. The van der Waals surface area contributed by atoms with E-state index in [2.05, 4.69) is 11.8 Å². The molecule has 2 heteroatoms. The van der Waals surface area contributed by atoms with Crippen molar-refractivity contribution in [3.05, 3.63) is 35.4 Å². The van der Waals surface area contributed by atoms with Gasteiger partial charge in [-0.25, -0.2) is 0 Å². The molecule has 1 aromatic carbocycles. The molecule has 1 fully saturated rings. The highest BCUT2D eigenvalue weighted by Crippen LogP contribution is 2.45. The molecule has 0 spiro atoms. The number of aryl methyl sites for hydroxylation is 1. The number of hydrogen-bond acceptors (Lipinski definition) is 2. The molecule has 1 aromatic rings. The fourth-order valence-corrected chi connectivity index (χ4v) is 2.56. The molecule has 1 aliphatic rings. The molecule has 1 aliphatic carbocycles. The highest BCUT2D eigenvalue weighted by molar-refractivity contribution is 5.38. The lowest BCUT2D eigenvalue weighted by molar-refractivity contribution is -0.0396. The second-order valence-electron chi connectivity index (χ2n) is 5.48. The van der Waals surface area contributed by atoms with Crippen molar-refractivity contribution in [1.82, 2.24) is 0 Å². The van der Waals surface area contributed by atoms with Crippen molar-refractivity contribution in [2.75, 3.05) is 6.61 Å². The van der Waals surface area contributed by atoms with E-state index in [1.165, 1.54) is 5.56 Å². The van der Waals surface area contributed by atoms with Crippen molar-refractivity contribution in [1.29, 1.82) is 0 Å². The van der Waals surface area contributed by atoms with E-state index in [1.807, 2.05) is 31.2 Å². The summed E-state index contributed by atoms with van der Waals surface area (Å²) >= 11 is 0. The summed E-state index contributed by atoms with van der Waals surface area (Å²) in [5.74, 6) is 6.21. The van der Waals surface area contributed by atoms with E-state index >= 15 is 0 Å². The van der Waals surface area contributed by atoms with Gasteiger partial charge in [0.25, 0.3) is 0 Å². The van der Waals surface area contributed by atoms with Crippen LogP contribution in [0.25, 0.3) is 0 Å². The Labute approximate surface area is 109 Å². The Morgan fingerprint density at radius 1 is 1.22 bits per heavy atom. The average Bonchev–Trinajstić information content (AvgIpc) is 2.64. The van der Waals surface area contributed by atoms with E-state index in [4.69, 9.17) is 0 Å². The van der Waals surface area contributed by atoms with Gasteiger partial charge >= 0.3 is 0 Å². The lowest BCUT2D eigenvalue weighted by atomic mass is 9.76. The highest BCUT2D eigenvalue weighted by atomic mass is 16.3. The quantitative estimate of drug-likeness (QED) is 0.744. The molecule has 0 radical (unpaired) electrons. The minimum Gasteiger partial charge on any atom is -0.395 e. The van der Waals surface area contributed by atoms with Crippen LogP contribution in [-0.2, 0) is 0 Å². The number of benzene rings is 1. The fourth-order valence-electron chi connectivity index (χ4n) is 2.56. The predicted octanol–water partition coefficient (Wildman–Crippen LogP) is 2.26. The minimum atomic E-state index is -0.889. The van der Waals surface area contributed by atoms with Gasteiger partial charge in [0.15, 0.2) is 0 Å². The third-order valence-electron chi connectivity index (χ3n) is 4.07. The van der Waals surface area contributed by atoms with Crippen LogP contribution in [0.1, 0.15) is 37.3 Å². The molecular weight excluding hydrogens is 224 g/mol. The van der Waals surface area contributed by atoms with Gasteiger partial charge in [0.05, 0.1) is 17.6 Å². The topological polar surface area (TPSA) is 40.5 Å². The second kappa shape index (κ2) is 4.76. The Morgan fingerprint density at radius 2 is 1.89 bits per heavy atom. The summed E-state index contributed by atoms with van der Waals surface area (Å²) in [6, 6.07) is 7.97. The Bertz CT molecular complexity index is 476. The summed E-state index contributed by atoms with van der Waals surface area (Å²) in [4.78, 5) is 0. The van der Waals surface area contributed by atoms with Crippen LogP contribution in [0.15, 0.2) is 24.3 Å². The zero-order valence-corrected chi connectivity index (χ0v) is 11.0. The monoisotopic (exact) mass is 244 g/mol. The fraction of sp³-hybridized carbons (Fsp3) is 0.500. The summed E-state index contributed by atoms with van der Waals surface area (Å²) in [5, 5.41) is 20.0. The number of rotatable bonds is 1. The maximum absolute atomic E-state index is 10.4. The van der Waals surface area contributed by atoms with Crippen molar-refractivity contribution >= 4 is 0 Å². The van der Waals surface area contributed by atoms with Crippen LogP contribution in [0.5, 0.6) is 0 Å². The predicted molar refractivity (Wildman–Crippen MR) is 72.1 cm³/mol. The van der Waals surface area contributed by atoms with E-state index in [1.54, 1.807) is 6.92 Å². The third kappa shape index (κ3) is 2.29. The molecule has 0 amide bonds. The molecule has 2 N–H and O–H groups in total. The molecule has 2 nitrogen and oxygen atoms in total. The van der Waals surface area contributed by atoms with Crippen LogP contribution >= 0.6 is 0 Å². The molecule has 0 heterocycles. The van der Waals surface area contributed by atoms with Crippen molar-refractivity contribution in [3.8, 4) is 11.8 Å². The van der Waals surface area contributed by atoms with Gasteiger partial charge < -0.3 is 10.2 Å². The molecule has 2 atom stereocenters. The van der Waals surface area contributed by atoms with Gasteiger partial charge in [0.2, 0.25) is 0 Å².